The molecule has 0 aliphatic rings. The Hall–Kier alpha value is -1.18. The second-order valence-electron chi connectivity index (χ2n) is 5.20. The van der Waals surface area contributed by atoms with E-state index in [1.165, 1.54) is 6.42 Å². The van der Waals surface area contributed by atoms with Gasteiger partial charge in [0.25, 0.3) is 0 Å². The molecule has 110 valence electrons. The molecule has 0 saturated heterocycles. The number of thioether (sulfide) groups is 1. The Labute approximate surface area is 127 Å². The Balaban J connectivity index is 2.41. The molecule has 0 atom stereocenters. The summed E-state index contributed by atoms with van der Waals surface area (Å²) >= 11 is 1.62. The van der Waals surface area contributed by atoms with Crippen molar-refractivity contribution >= 4 is 17.4 Å². The number of nitrogens with one attached hydrogen (secondary N) is 1. The van der Waals surface area contributed by atoms with Crippen LogP contribution < -0.4 is 5.32 Å². The Morgan fingerprint density at radius 1 is 1.35 bits per heavy atom. The lowest BCUT2D eigenvalue weighted by Gasteiger charge is -2.20. The summed E-state index contributed by atoms with van der Waals surface area (Å²) in [6.07, 6.45) is 4.29. The monoisotopic (exact) mass is 291 g/mol. The molecular weight excluding hydrogens is 266 g/mol. The molecule has 0 spiro atoms. The molecule has 0 bridgehead atoms. The van der Waals surface area contributed by atoms with Gasteiger partial charge in [0, 0.05) is 17.5 Å². The number of anilines is 1. The standard InChI is InChI=1S/C16H25N3S/c1-13(2)19(3)11-6-5-10-18-15-8-7-9-16(20-4)14(15)12-17/h7-9,13,18H,5-6,10-11H2,1-4H3. The summed E-state index contributed by atoms with van der Waals surface area (Å²) in [4.78, 5) is 3.40. The summed E-state index contributed by atoms with van der Waals surface area (Å²) in [6.45, 7) is 6.46. The van der Waals surface area contributed by atoms with Crippen LogP contribution in [0.4, 0.5) is 5.69 Å². The molecule has 0 saturated carbocycles. The van der Waals surface area contributed by atoms with E-state index in [1.54, 1.807) is 11.8 Å². The molecule has 1 rings (SSSR count). The van der Waals surface area contributed by atoms with E-state index in [-0.39, 0.29) is 0 Å². The fraction of sp³-hybridized carbons (Fsp3) is 0.562. The zero-order valence-corrected chi connectivity index (χ0v) is 13.8. The van der Waals surface area contributed by atoms with E-state index in [0.717, 1.165) is 35.7 Å². The molecule has 3 nitrogen and oxygen atoms in total. The maximum atomic E-state index is 9.26. The molecule has 0 radical (unpaired) electrons. The van der Waals surface area contributed by atoms with Crippen molar-refractivity contribution < 1.29 is 0 Å². The normalized spacial score (nSPS) is 10.8. The van der Waals surface area contributed by atoms with Crippen molar-refractivity contribution in [3.8, 4) is 6.07 Å². The third kappa shape index (κ3) is 5.07. The molecule has 0 aliphatic carbocycles. The molecular formula is C16H25N3S. The fourth-order valence-corrected chi connectivity index (χ4v) is 2.51. The third-order valence-electron chi connectivity index (χ3n) is 3.49. The molecule has 1 aromatic carbocycles. The SMILES string of the molecule is CSc1cccc(NCCCCN(C)C(C)C)c1C#N. The summed E-state index contributed by atoms with van der Waals surface area (Å²) < 4.78 is 0. The van der Waals surface area contributed by atoms with Crippen molar-refractivity contribution in [2.24, 2.45) is 0 Å². The Bertz CT molecular complexity index is 452. The first-order chi connectivity index (χ1) is 9.60. The van der Waals surface area contributed by atoms with Crippen LogP contribution in [0.15, 0.2) is 23.1 Å². The number of rotatable bonds is 8. The number of benzene rings is 1. The predicted molar refractivity (Wildman–Crippen MR) is 88.4 cm³/mol. The van der Waals surface area contributed by atoms with E-state index in [0.29, 0.717) is 6.04 Å². The van der Waals surface area contributed by atoms with Gasteiger partial charge < -0.3 is 10.2 Å². The van der Waals surface area contributed by atoms with Gasteiger partial charge in [0.15, 0.2) is 0 Å². The van der Waals surface area contributed by atoms with E-state index in [1.807, 2.05) is 24.5 Å². The van der Waals surface area contributed by atoms with Crippen LogP contribution in [-0.4, -0.2) is 37.3 Å². The molecule has 0 amide bonds. The molecule has 0 heterocycles. The second-order valence-corrected chi connectivity index (χ2v) is 6.05. The molecule has 1 N–H and O–H groups in total. The molecule has 1 aromatic rings. The molecule has 20 heavy (non-hydrogen) atoms. The third-order valence-corrected chi connectivity index (χ3v) is 4.27. The maximum Gasteiger partial charge on any atom is 0.102 e. The van der Waals surface area contributed by atoms with Gasteiger partial charge in [0.05, 0.1) is 11.3 Å². The van der Waals surface area contributed by atoms with E-state index in [4.69, 9.17) is 0 Å². The van der Waals surface area contributed by atoms with E-state index in [9.17, 15) is 5.26 Å². The highest BCUT2D eigenvalue weighted by Crippen LogP contribution is 2.26. The number of unbranched alkanes of at least 4 members (excludes halogenated alkanes) is 1. The van der Waals surface area contributed by atoms with Crippen LogP contribution in [0.2, 0.25) is 0 Å². The summed E-state index contributed by atoms with van der Waals surface area (Å²) in [7, 11) is 2.16. The van der Waals surface area contributed by atoms with Crippen molar-refractivity contribution in [2.45, 2.75) is 37.6 Å². The number of nitrogens with zero attached hydrogens (tertiary/aromatic N) is 2. The number of hydrogen-bond acceptors (Lipinski definition) is 4. The molecule has 0 fully saturated rings. The van der Waals surface area contributed by atoms with Crippen molar-refractivity contribution in [1.29, 1.82) is 5.26 Å². The Morgan fingerprint density at radius 3 is 2.70 bits per heavy atom. The summed E-state index contributed by atoms with van der Waals surface area (Å²) in [5, 5.41) is 12.6. The smallest absolute Gasteiger partial charge is 0.102 e. The van der Waals surface area contributed by atoms with Gasteiger partial charge in [-0.05, 0) is 58.7 Å². The van der Waals surface area contributed by atoms with Gasteiger partial charge in [-0.15, -0.1) is 11.8 Å². The summed E-state index contributed by atoms with van der Waals surface area (Å²) in [6, 6.07) is 8.88. The number of hydrogen-bond donors (Lipinski definition) is 1. The first-order valence-electron chi connectivity index (χ1n) is 7.11. The summed E-state index contributed by atoms with van der Waals surface area (Å²) in [5.41, 5.74) is 1.72. The first kappa shape index (κ1) is 16.9. The van der Waals surface area contributed by atoms with Crippen LogP contribution >= 0.6 is 11.8 Å². The van der Waals surface area contributed by atoms with Gasteiger partial charge in [-0.25, -0.2) is 0 Å². The van der Waals surface area contributed by atoms with Crippen molar-refractivity contribution in [3.63, 3.8) is 0 Å². The fourth-order valence-electron chi connectivity index (χ4n) is 1.93. The number of nitriles is 1. The lowest BCUT2D eigenvalue weighted by Crippen LogP contribution is -2.27. The molecule has 0 aromatic heterocycles. The quantitative estimate of drug-likeness (QED) is 0.584. The van der Waals surface area contributed by atoms with Crippen molar-refractivity contribution in [2.75, 3.05) is 31.7 Å². The van der Waals surface area contributed by atoms with Crippen LogP contribution in [0.1, 0.15) is 32.3 Å². The van der Waals surface area contributed by atoms with Crippen LogP contribution in [0, 0.1) is 11.3 Å². The lowest BCUT2D eigenvalue weighted by molar-refractivity contribution is 0.269. The van der Waals surface area contributed by atoms with E-state index in [2.05, 4.69) is 37.2 Å². The lowest BCUT2D eigenvalue weighted by atomic mass is 10.2. The molecule has 4 heteroatoms. The first-order valence-corrected chi connectivity index (χ1v) is 8.33. The largest absolute Gasteiger partial charge is 0.384 e. The minimum absolute atomic E-state index is 0.603. The van der Waals surface area contributed by atoms with Gasteiger partial charge in [0.1, 0.15) is 6.07 Å². The van der Waals surface area contributed by atoms with Gasteiger partial charge in [0.2, 0.25) is 0 Å². The van der Waals surface area contributed by atoms with Crippen LogP contribution in [0.5, 0.6) is 0 Å². The average Bonchev–Trinajstić information content (AvgIpc) is 2.45. The maximum absolute atomic E-state index is 9.26. The minimum atomic E-state index is 0.603. The predicted octanol–water partition coefficient (Wildman–Crippen LogP) is 3.81. The van der Waals surface area contributed by atoms with E-state index >= 15 is 0 Å². The van der Waals surface area contributed by atoms with Gasteiger partial charge in [-0.2, -0.15) is 5.26 Å². The second kappa shape index (κ2) is 8.89. The highest BCUT2D eigenvalue weighted by molar-refractivity contribution is 7.98. The zero-order valence-electron chi connectivity index (χ0n) is 12.9. The topological polar surface area (TPSA) is 39.1 Å². The van der Waals surface area contributed by atoms with Crippen LogP contribution in [0.25, 0.3) is 0 Å². The zero-order chi connectivity index (χ0) is 15.0. The molecule has 0 aliphatic heterocycles. The Kier molecular flexibility index (Phi) is 7.50. The van der Waals surface area contributed by atoms with E-state index < -0.39 is 0 Å². The van der Waals surface area contributed by atoms with Gasteiger partial charge in [-0.1, -0.05) is 6.07 Å². The van der Waals surface area contributed by atoms with Crippen molar-refractivity contribution in [3.05, 3.63) is 23.8 Å². The summed E-state index contributed by atoms with van der Waals surface area (Å²) in [5.74, 6) is 0. The Morgan fingerprint density at radius 2 is 2.10 bits per heavy atom. The average molecular weight is 291 g/mol. The van der Waals surface area contributed by atoms with Crippen LogP contribution in [-0.2, 0) is 0 Å². The van der Waals surface area contributed by atoms with Crippen molar-refractivity contribution in [1.82, 2.24) is 4.90 Å². The highest BCUT2D eigenvalue weighted by atomic mass is 32.2. The van der Waals surface area contributed by atoms with Gasteiger partial charge in [-0.3, -0.25) is 0 Å². The van der Waals surface area contributed by atoms with Gasteiger partial charge >= 0.3 is 0 Å². The molecule has 0 unspecified atom stereocenters. The minimum Gasteiger partial charge on any atom is -0.384 e. The highest BCUT2D eigenvalue weighted by Gasteiger charge is 2.06. The van der Waals surface area contributed by atoms with Crippen LogP contribution in [0.3, 0.4) is 0 Å².